The first-order valence-electron chi connectivity index (χ1n) is 9.37. The minimum Gasteiger partial charge on any atom is -0.497 e. The zero-order valence-electron chi connectivity index (χ0n) is 16.5. The van der Waals surface area contributed by atoms with Crippen LogP contribution in [0.4, 0.5) is 0 Å². The zero-order valence-corrected chi connectivity index (χ0v) is 16.5. The fourth-order valence-corrected chi connectivity index (χ4v) is 2.92. The van der Waals surface area contributed by atoms with Gasteiger partial charge in [0.2, 0.25) is 17.7 Å². The number of benzene rings is 2. The normalized spacial score (nSPS) is 10.9. The number of hydrogen-bond donors (Lipinski definition) is 0. The van der Waals surface area contributed by atoms with Crippen LogP contribution in [0.5, 0.6) is 5.75 Å². The molecule has 0 N–H and O–H groups in total. The van der Waals surface area contributed by atoms with Gasteiger partial charge in [-0.25, -0.2) is 0 Å². The van der Waals surface area contributed by atoms with Crippen LogP contribution in [0, 0.1) is 0 Å². The van der Waals surface area contributed by atoms with Crippen molar-refractivity contribution in [1.29, 1.82) is 0 Å². The molecule has 0 aliphatic carbocycles. The summed E-state index contributed by atoms with van der Waals surface area (Å²) in [6, 6.07) is 17.5. The molecule has 3 aromatic rings. The Balaban J connectivity index is 1.62. The maximum Gasteiger partial charge on any atom is 0.247 e. The van der Waals surface area contributed by atoms with E-state index >= 15 is 0 Å². The van der Waals surface area contributed by atoms with E-state index in [9.17, 15) is 4.79 Å². The molecule has 0 saturated heterocycles. The van der Waals surface area contributed by atoms with Crippen molar-refractivity contribution in [3.8, 4) is 17.2 Å². The third kappa shape index (κ3) is 4.97. The number of methoxy groups -OCH3 is 1. The average molecular weight is 379 g/mol. The van der Waals surface area contributed by atoms with Crippen LogP contribution in [0.25, 0.3) is 11.5 Å². The molecule has 1 heterocycles. The Kier molecular flexibility index (Phi) is 6.42. The van der Waals surface area contributed by atoms with Gasteiger partial charge in [-0.05, 0) is 37.6 Å². The van der Waals surface area contributed by atoms with Gasteiger partial charge in [0.25, 0.3) is 0 Å². The van der Waals surface area contributed by atoms with Crippen LogP contribution in [0.3, 0.4) is 0 Å². The molecule has 0 bridgehead atoms. The topological polar surface area (TPSA) is 68.5 Å². The van der Waals surface area contributed by atoms with E-state index < -0.39 is 0 Å². The van der Waals surface area contributed by atoms with Gasteiger partial charge in [0.1, 0.15) is 5.75 Å². The highest BCUT2D eigenvalue weighted by atomic mass is 16.5. The minimum atomic E-state index is 0.0694. The molecule has 0 atom stereocenters. The highest BCUT2D eigenvalue weighted by molar-refractivity contribution is 5.76. The first-order valence-corrected chi connectivity index (χ1v) is 9.37. The third-order valence-corrected chi connectivity index (χ3v) is 4.48. The summed E-state index contributed by atoms with van der Waals surface area (Å²) < 4.78 is 10.9. The van der Waals surface area contributed by atoms with E-state index in [4.69, 9.17) is 9.15 Å². The molecule has 1 aromatic heterocycles. The predicted molar refractivity (Wildman–Crippen MR) is 107 cm³/mol. The summed E-state index contributed by atoms with van der Waals surface area (Å²) in [5.74, 6) is 1.67. The van der Waals surface area contributed by atoms with Gasteiger partial charge in [-0.15, -0.1) is 10.2 Å². The molecule has 0 radical (unpaired) electrons. The third-order valence-electron chi connectivity index (χ3n) is 4.48. The second-order valence-electron chi connectivity index (χ2n) is 6.83. The molecule has 0 aliphatic rings. The summed E-state index contributed by atoms with van der Waals surface area (Å²) in [4.78, 5) is 14.6. The van der Waals surface area contributed by atoms with Crippen LogP contribution in [0.15, 0.2) is 59.0 Å². The first-order chi connectivity index (χ1) is 13.6. The summed E-state index contributed by atoms with van der Waals surface area (Å²) in [5, 5.41) is 8.17. The molecule has 0 unspecified atom stereocenters. The van der Waals surface area contributed by atoms with E-state index in [1.54, 1.807) is 7.11 Å². The number of carbonyl (C=O) groups excluding carboxylic acids is 1. The average Bonchev–Trinajstić information content (AvgIpc) is 3.20. The van der Waals surface area contributed by atoms with Crippen molar-refractivity contribution >= 4 is 5.91 Å². The fraction of sp³-hybridized carbons (Fsp3) is 0.318. The highest BCUT2D eigenvalue weighted by Gasteiger charge is 2.19. The van der Waals surface area contributed by atoms with Gasteiger partial charge >= 0.3 is 0 Å². The molecule has 28 heavy (non-hydrogen) atoms. The minimum absolute atomic E-state index is 0.0694. The van der Waals surface area contributed by atoms with Crippen molar-refractivity contribution in [1.82, 2.24) is 15.1 Å². The Hall–Kier alpha value is -3.15. The fourth-order valence-electron chi connectivity index (χ4n) is 2.92. The largest absolute Gasteiger partial charge is 0.497 e. The standard InChI is InChI=1S/C22H25N3O3/c1-16(2)25(15-17-8-5-4-6-9-17)21(26)13-12-20-23-24-22(28-20)18-10-7-11-19(14-18)27-3/h4-11,14,16H,12-13,15H2,1-3H3. The molecule has 146 valence electrons. The number of ether oxygens (including phenoxy) is 1. The van der Waals surface area contributed by atoms with E-state index in [0.29, 0.717) is 31.2 Å². The monoisotopic (exact) mass is 379 g/mol. The maximum atomic E-state index is 12.7. The maximum absolute atomic E-state index is 12.7. The molecular weight excluding hydrogens is 354 g/mol. The van der Waals surface area contributed by atoms with Crippen LogP contribution >= 0.6 is 0 Å². The number of amides is 1. The second kappa shape index (κ2) is 9.17. The number of nitrogens with zero attached hydrogens (tertiary/aromatic N) is 3. The molecule has 0 saturated carbocycles. The van der Waals surface area contributed by atoms with Crippen molar-refractivity contribution in [3.63, 3.8) is 0 Å². The van der Waals surface area contributed by atoms with Crippen LogP contribution in [-0.2, 0) is 17.8 Å². The smallest absolute Gasteiger partial charge is 0.247 e. The lowest BCUT2D eigenvalue weighted by Gasteiger charge is -2.27. The van der Waals surface area contributed by atoms with E-state index in [-0.39, 0.29) is 11.9 Å². The lowest BCUT2D eigenvalue weighted by atomic mass is 10.1. The van der Waals surface area contributed by atoms with Gasteiger partial charge < -0.3 is 14.1 Å². The Morgan fingerprint density at radius 3 is 2.61 bits per heavy atom. The second-order valence-corrected chi connectivity index (χ2v) is 6.83. The van der Waals surface area contributed by atoms with Gasteiger partial charge in [0, 0.05) is 31.0 Å². The van der Waals surface area contributed by atoms with Crippen molar-refractivity contribution in [3.05, 3.63) is 66.1 Å². The highest BCUT2D eigenvalue weighted by Crippen LogP contribution is 2.23. The van der Waals surface area contributed by atoms with Crippen molar-refractivity contribution in [2.45, 2.75) is 39.3 Å². The molecule has 0 fully saturated rings. The number of hydrogen-bond acceptors (Lipinski definition) is 5. The Labute approximate surface area is 165 Å². The number of aromatic nitrogens is 2. The molecule has 0 aliphatic heterocycles. The first kappa shape index (κ1) is 19.6. The molecule has 6 heteroatoms. The summed E-state index contributed by atoms with van der Waals surface area (Å²) in [6.45, 7) is 4.64. The molecule has 2 aromatic carbocycles. The Bertz CT molecular complexity index is 906. The van der Waals surface area contributed by atoms with E-state index in [2.05, 4.69) is 10.2 Å². The van der Waals surface area contributed by atoms with Gasteiger partial charge in [-0.3, -0.25) is 4.79 Å². The Morgan fingerprint density at radius 1 is 1.11 bits per heavy atom. The lowest BCUT2D eigenvalue weighted by Crippen LogP contribution is -2.36. The summed E-state index contributed by atoms with van der Waals surface area (Å²) >= 11 is 0. The van der Waals surface area contributed by atoms with Gasteiger partial charge in [-0.2, -0.15) is 0 Å². The molecule has 1 amide bonds. The lowest BCUT2D eigenvalue weighted by molar-refractivity contribution is -0.133. The molecule has 6 nitrogen and oxygen atoms in total. The SMILES string of the molecule is COc1cccc(-c2nnc(CCC(=O)N(Cc3ccccc3)C(C)C)o2)c1. The van der Waals surface area contributed by atoms with Crippen LogP contribution in [0.1, 0.15) is 31.7 Å². The van der Waals surface area contributed by atoms with Crippen LogP contribution in [0.2, 0.25) is 0 Å². The molecular formula is C22H25N3O3. The summed E-state index contributed by atoms with van der Waals surface area (Å²) in [6.07, 6.45) is 0.735. The van der Waals surface area contributed by atoms with E-state index in [0.717, 1.165) is 16.9 Å². The van der Waals surface area contributed by atoms with Gasteiger partial charge in [-0.1, -0.05) is 36.4 Å². The van der Waals surface area contributed by atoms with Crippen molar-refractivity contribution < 1.29 is 13.9 Å². The zero-order chi connectivity index (χ0) is 19.9. The summed E-state index contributed by atoms with van der Waals surface area (Å²) in [7, 11) is 1.61. The number of aryl methyl sites for hydroxylation is 1. The molecule has 0 spiro atoms. The van der Waals surface area contributed by atoms with Crippen LogP contribution in [-0.4, -0.2) is 34.2 Å². The van der Waals surface area contributed by atoms with Crippen molar-refractivity contribution in [2.24, 2.45) is 0 Å². The number of carbonyl (C=O) groups is 1. The molecule has 3 rings (SSSR count). The predicted octanol–water partition coefficient (Wildman–Crippen LogP) is 4.12. The Morgan fingerprint density at radius 2 is 1.89 bits per heavy atom. The van der Waals surface area contributed by atoms with Gasteiger partial charge in [0.15, 0.2) is 0 Å². The van der Waals surface area contributed by atoms with Crippen molar-refractivity contribution in [2.75, 3.05) is 7.11 Å². The summed E-state index contributed by atoms with van der Waals surface area (Å²) in [5.41, 5.74) is 1.90. The number of rotatable bonds is 8. The van der Waals surface area contributed by atoms with E-state index in [1.807, 2.05) is 73.3 Å². The van der Waals surface area contributed by atoms with Crippen LogP contribution < -0.4 is 4.74 Å². The van der Waals surface area contributed by atoms with Gasteiger partial charge in [0.05, 0.1) is 7.11 Å². The van der Waals surface area contributed by atoms with E-state index in [1.165, 1.54) is 0 Å². The quantitative estimate of drug-likeness (QED) is 0.589.